The lowest BCUT2D eigenvalue weighted by atomic mass is 10.1. The number of hydrogen-bond acceptors (Lipinski definition) is 6. The van der Waals surface area contributed by atoms with Crippen LogP contribution in [0.2, 0.25) is 5.02 Å². The molecule has 0 saturated carbocycles. The van der Waals surface area contributed by atoms with Gasteiger partial charge in [-0.2, -0.15) is 0 Å². The van der Waals surface area contributed by atoms with Crippen molar-refractivity contribution >= 4 is 40.2 Å². The molecule has 0 atom stereocenters. The number of nitrogens with one attached hydrogen (secondary N) is 2. The number of benzene rings is 2. The molecule has 4 aromatic rings. The van der Waals surface area contributed by atoms with Crippen LogP contribution in [-0.2, 0) is 11.3 Å². The first-order valence-corrected chi connectivity index (χ1v) is 11.6. The summed E-state index contributed by atoms with van der Waals surface area (Å²) in [6.07, 6.45) is 2.98. The molecule has 0 unspecified atom stereocenters. The number of amides is 1. The Hall–Kier alpha value is -3.78. The van der Waals surface area contributed by atoms with Crippen LogP contribution >= 0.6 is 11.6 Å². The third-order valence-electron chi connectivity index (χ3n) is 5.05. The number of aryl methyl sites for hydroxylation is 1. The van der Waals surface area contributed by atoms with Crippen LogP contribution in [0.5, 0.6) is 11.5 Å². The molecule has 0 aliphatic rings. The number of carbonyl (C=O) groups excluding carboxylic acids is 1. The smallest absolute Gasteiger partial charge is 0.407 e. The molecular formula is C26H28ClN5O3. The summed E-state index contributed by atoms with van der Waals surface area (Å²) in [5.41, 5.74) is 3.07. The van der Waals surface area contributed by atoms with Crippen molar-refractivity contribution in [3.63, 3.8) is 0 Å². The molecule has 0 aliphatic heterocycles. The Morgan fingerprint density at radius 1 is 1.11 bits per heavy atom. The first-order valence-electron chi connectivity index (χ1n) is 11.2. The molecule has 2 aromatic heterocycles. The van der Waals surface area contributed by atoms with Gasteiger partial charge in [0.2, 0.25) is 0 Å². The van der Waals surface area contributed by atoms with E-state index in [1.54, 1.807) is 12.1 Å². The van der Waals surface area contributed by atoms with Gasteiger partial charge in [0.05, 0.1) is 12.1 Å². The number of aromatic nitrogens is 3. The predicted molar refractivity (Wildman–Crippen MR) is 138 cm³/mol. The Morgan fingerprint density at radius 2 is 1.94 bits per heavy atom. The molecule has 0 bridgehead atoms. The first kappa shape index (κ1) is 24.3. The molecule has 0 saturated heterocycles. The van der Waals surface area contributed by atoms with Crippen molar-refractivity contribution in [2.24, 2.45) is 0 Å². The zero-order valence-electron chi connectivity index (χ0n) is 20.1. The number of rotatable bonds is 7. The van der Waals surface area contributed by atoms with Gasteiger partial charge in [0.15, 0.2) is 5.82 Å². The normalized spacial score (nSPS) is 11.3. The van der Waals surface area contributed by atoms with Crippen molar-refractivity contribution < 1.29 is 14.3 Å². The SMILES string of the molecule is Cc1cc(Nc2ncnc3ccn(CCOC(=O)NC(C)(C)C)c23)ccc1Oc1cccc(Cl)c1. The molecule has 1 amide bonds. The van der Waals surface area contributed by atoms with E-state index in [0.717, 1.165) is 28.0 Å². The molecule has 35 heavy (non-hydrogen) atoms. The average Bonchev–Trinajstić information content (AvgIpc) is 3.19. The van der Waals surface area contributed by atoms with Crippen LogP contribution in [0.25, 0.3) is 11.0 Å². The van der Waals surface area contributed by atoms with Crippen molar-refractivity contribution in [2.75, 3.05) is 11.9 Å². The van der Waals surface area contributed by atoms with Crippen LogP contribution < -0.4 is 15.4 Å². The van der Waals surface area contributed by atoms with Gasteiger partial charge < -0.3 is 24.7 Å². The van der Waals surface area contributed by atoms with Gasteiger partial charge in [0.25, 0.3) is 0 Å². The molecule has 9 heteroatoms. The number of carbonyl (C=O) groups is 1. The van der Waals surface area contributed by atoms with Crippen molar-refractivity contribution in [3.8, 4) is 11.5 Å². The van der Waals surface area contributed by atoms with Crippen molar-refractivity contribution in [2.45, 2.75) is 39.8 Å². The minimum atomic E-state index is -0.445. The van der Waals surface area contributed by atoms with Gasteiger partial charge in [0.1, 0.15) is 29.9 Å². The van der Waals surface area contributed by atoms with Gasteiger partial charge in [-0.15, -0.1) is 0 Å². The number of fused-ring (bicyclic) bond motifs is 1. The second-order valence-corrected chi connectivity index (χ2v) is 9.58. The highest BCUT2D eigenvalue weighted by Crippen LogP contribution is 2.30. The van der Waals surface area contributed by atoms with Crippen molar-refractivity contribution in [1.29, 1.82) is 0 Å². The van der Waals surface area contributed by atoms with Crippen LogP contribution in [0, 0.1) is 6.92 Å². The van der Waals surface area contributed by atoms with Crippen LogP contribution in [-0.4, -0.2) is 32.8 Å². The molecule has 2 heterocycles. The largest absolute Gasteiger partial charge is 0.457 e. The fourth-order valence-corrected chi connectivity index (χ4v) is 3.71. The number of nitrogens with zero attached hydrogens (tertiary/aromatic N) is 3. The van der Waals surface area contributed by atoms with E-state index in [2.05, 4.69) is 20.6 Å². The Balaban J connectivity index is 1.48. The standard InChI is InChI=1S/C26H28ClN5O3/c1-17-14-19(8-9-22(17)35-20-7-5-6-18(27)15-20)30-24-23-21(28-16-29-24)10-11-32(23)12-13-34-25(33)31-26(2,3)4/h5-11,14-16H,12-13H2,1-4H3,(H,31,33)(H,28,29,30). The number of alkyl carbamates (subject to hydrolysis) is 1. The quantitative estimate of drug-likeness (QED) is 0.307. The van der Waals surface area contributed by atoms with Crippen molar-refractivity contribution in [1.82, 2.24) is 19.9 Å². The molecule has 0 spiro atoms. The van der Waals surface area contributed by atoms with Crippen LogP contribution in [0.15, 0.2) is 61.1 Å². The lowest BCUT2D eigenvalue weighted by molar-refractivity contribution is 0.134. The molecule has 4 rings (SSSR count). The first-order chi connectivity index (χ1) is 16.7. The van der Waals surface area contributed by atoms with Gasteiger partial charge in [-0.05, 0) is 75.7 Å². The zero-order chi connectivity index (χ0) is 25.0. The number of anilines is 2. The van der Waals surface area contributed by atoms with Gasteiger partial charge >= 0.3 is 6.09 Å². The lowest BCUT2D eigenvalue weighted by Gasteiger charge is -2.20. The minimum absolute atomic E-state index is 0.217. The molecule has 0 radical (unpaired) electrons. The third kappa shape index (κ3) is 6.42. The Morgan fingerprint density at radius 3 is 2.69 bits per heavy atom. The number of halogens is 1. The molecule has 2 N–H and O–H groups in total. The molecule has 8 nitrogen and oxygen atoms in total. The summed E-state index contributed by atoms with van der Waals surface area (Å²) in [6.45, 7) is 8.37. The van der Waals surface area contributed by atoms with Crippen LogP contribution in [0.4, 0.5) is 16.3 Å². The maximum Gasteiger partial charge on any atom is 0.407 e. The summed E-state index contributed by atoms with van der Waals surface area (Å²) in [7, 11) is 0. The lowest BCUT2D eigenvalue weighted by Crippen LogP contribution is -2.41. The van der Waals surface area contributed by atoms with E-state index in [4.69, 9.17) is 21.1 Å². The highest BCUT2D eigenvalue weighted by molar-refractivity contribution is 6.30. The zero-order valence-corrected chi connectivity index (χ0v) is 20.9. The Bertz CT molecular complexity index is 1350. The fraction of sp³-hybridized carbons (Fsp3) is 0.269. The van der Waals surface area contributed by atoms with Gasteiger partial charge in [-0.3, -0.25) is 0 Å². The van der Waals surface area contributed by atoms with Gasteiger partial charge in [-0.25, -0.2) is 14.8 Å². The topological polar surface area (TPSA) is 90.3 Å². The van der Waals surface area contributed by atoms with E-state index in [9.17, 15) is 4.79 Å². The average molecular weight is 494 g/mol. The van der Waals surface area contributed by atoms with E-state index >= 15 is 0 Å². The molecule has 0 aliphatic carbocycles. The Kier molecular flexibility index (Phi) is 7.12. The van der Waals surface area contributed by atoms with Crippen molar-refractivity contribution in [3.05, 3.63) is 71.6 Å². The molecule has 0 fully saturated rings. The highest BCUT2D eigenvalue weighted by atomic mass is 35.5. The van der Waals surface area contributed by atoms with E-state index < -0.39 is 6.09 Å². The molecule has 2 aromatic carbocycles. The van der Waals surface area contributed by atoms with Crippen LogP contribution in [0.3, 0.4) is 0 Å². The Labute approximate surface area is 209 Å². The monoisotopic (exact) mass is 493 g/mol. The van der Waals surface area contributed by atoms with E-state index in [-0.39, 0.29) is 12.1 Å². The maximum absolute atomic E-state index is 12.0. The predicted octanol–water partition coefficient (Wildman–Crippen LogP) is 6.45. The molecule has 182 valence electrons. The van der Waals surface area contributed by atoms with E-state index in [1.165, 1.54) is 6.33 Å². The van der Waals surface area contributed by atoms with Gasteiger partial charge in [-0.1, -0.05) is 17.7 Å². The number of hydrogen-bond donors (Lipinski definition) is 2. The van der Waals surface area contributed by atoms with E-state index in [1.807, 2.05) is 74.9 Å². The summed E-state index contributed by atoms with van der Waals surface area (Å²) in [5.74, 6) is 2.07. The van der Waals surface area contributed by atoms with Gasteiger partial charge in [0, 0.05) is 22.4 Å². The number of ether oxygens (including phenoxy) is 2. The van der Waals surface area contributed by atoms with Crippen LogP contribution in [0.1, 0.15) is 26.3 Å². The summed E-state index contributed by atoms with van der Waals surface area (Å²) in [4.78, 5) is 20.8. The summed E-state index contributed by atoms with van der Waals surface area (Å²) >= 11 is 6.06. The second kappa shape index (κ2) is 10.2. The van der Waals surface area contributed by atoms with E-state index in [0.29, 0.717) is 23.1 Å². The summed E-state index contributed by atoms with van der Waals surface area (Å²) in [6, 6.07) is 15.0. The summed E-state index contributed by atoms with van der Waals surface area (Å²) < 4.78 is 13.3. The highest BCUT2D eigenvalue weighted by Gasteiger charge is 2.15. The molecular weight excluding hydrogens is 466 g/mol. The second-order valence-electron chi connectivity index (χ2n) is 9.14. The summed E-state index contributed by atoms with van der Waals surface area (Å²) in [5, 5.41) is 6.78. The third-order valence-corrected chi connectivity index (χ3v) is 5.29. The fourth-order valence-electron chi connectivity index (χ4n) is 3.53. The minimum Gasteiger partial charge on any atom is -0.457 e. The maximum atomic E-state index is 12.0.